The van der Waals surface area contributed by atoms with Crippen molar-refractivity contribution in [1.29, 1.82) is 0 Å². The zero-order valence-electron chi connectivity index (χ0n) is 11.4. The van der Waals surface area contributed by atoms with Crippen molar-refractivity contribution in [3.05, 3.63) is 80.4 Å². The van der Waals surface area contributed by atoms with E-state index < -0.39 is 0 Å². The maximum Gasteiger partial charge on any atom is 0.313 e. The minimum atomic E-state index is -0.141. The van der Waals surface area contributed by atoms with Gasteiger partial charge in [0, 0.05) is 0 Å². The van der Waals surface area contributed by atoms with Crippen molar-refractivity contribution in [2.75, 3.05) is 5.43 Å². The summed E-state index contributed by atoms with van der Waals surface area (Å²) < 4.78 is 1.47. The van der Waals surface area contributed by atoms with Gasteiger partial charge >= 0.3 is 4.87 Å². The standard InChI is InChI=1S/C16H12ClN3OS/c17-15-14(11-18-19-12-7-3-1-4-8-12)22-16(21)20(15)13-9-5-2-6-10-13/h1-11,19H. The fourth-order valence-electron chi connectivity index (χ4n) is 1.93. The highest BCUT2D eigenvalue weighted by atomic mass is 35.5. The Morgan fingerprint density at radius 2 is 1.68 bits per heavy atom. The van der Waals surface area contributed by atoms with Crippen LogP contribution < -0.4 is 10.3 Å². The lowest BCUT2D eigenvalue weighted by atomic mass is 10.3. The number of rotatable bonds is 4. The topological polar surface area (TPSA) is 46.4 Å². The Morgan fingerprint density at radius 1 is 1.05 bits per heavy atom. The number of para-hydroxylation sites is 2. The fraction of sp³-hybridized carbons (Fsp3) is 0. The Bertz CT molecular complexity index is 841. The van der Waals surface area contributed by atoms with Crippen molar-refractivity contribution >= 4 is 34.8 Å². The Morgan fingerprint density at radius 3 is 2.36 bits per heavy atom. The second kappa shape index (κ2) is 6.60. The number of nitrogens with zero attached hydrogens (tertiary/aromatic N) is 2. The van der Waals surface area contributed by atoms with Gasteiger partial charge in [-0.3, -0.25) is 14.8 Å². The molecule has 1 heterocycles. The molecule has 2 aromatic carbocycles. The molecule has 0 spiro atoms. The molecule has 0 saturated heterocycles. The first-order valence-corrected chi connectivity index (χ1v) is 7.76. The minimum Gasteiger partial charge on any atom is -0.278 e. The summed E-state index contributed by atoms with van der Waals surface area (Å²) in [5, 5.41) is 4.48. The molecule has 0 amide bonds. The van der Waals surface area contributed by atoms with Gasteiger partial charge in [0.05, 0.1) is 22.5 Å². The molecule has 0 saturated carbocycles. The summed E-state index contributed by atoms with van der Waals surface area (Å²) >= 11 is 7.36. The van der Waals surface area contributed by atoms with Gasteiger partial charge in [-0.2, -0.15) is 5.10 Å². The number of hydrogen-bond donors (Lipinski definition) is 1. The van der Waals surface area contributed by atoms with Crippen LogP contribution in [0.4, 0.5) is 5.69 Å². The van der Waals surface area contributed by atoms with Gasteiger partial charge in [-0.15, -0.1) is 0 Å². The molecule has 0 radical (unpaired) electrons. The van der Waals surface area contributed by atoms with Crippen LogP contribution in [-0.2, 0) is 0 Å². The zero-order valence-corrected chi connectivity index (χ0v) is 13.0. The van der Waals surface area contributed by atoms with Gasteiger partial charge < -0.3 is 0 Å². The van der Waals surface area contributed by atoms with Crippen molar-refractivity contribution < 1.29 is 0 Å². The first-order chi connectivity index (χ1) is 10.8. The quantitative estimate of drug-likeness (QED) is 0.581. The van der Waals surface area contributed by atoms with Crippen molar-refractivity contribution in [2.24, 2.45) is 5.10 Å². The van der Waals surface area contributed by atoms with Gasteiger partial charge in [0.25, 0.3) is 0 Å². The van der Waals surface area contributed by atoms with Crippen LogP contribution in [0.1, 0.15) is 4.88 Å². The van der Waals surface area contributed by atoms with Crippen LogP contribution in [0, 0.1) is 0 Å². The monoisotopic (exact) mass is 329 g/mol. The van der Waals surface area contributed by atoms with Crippen molar-refractivity contribution in [1.82, 2.24) is 4.57 Å². The summed E-state index contributed by atoms with van der Waals surface area (Å²) in [6.07, 6.45) is 1.56. The van der Waals surface area contributed by atoms with Gasteiger partial charge in [0.15, 0.2) is 0 Å². The Hall–Kier alpha value is -2.37. The molecule has 110 valence electrons. The third-order valence-corrected chi connectivity index (χ3v) is 4.30. The zero-order chi connectivity index (χ0) is 15.4. The number of nitrogens with one attached hydrogen (secondary N) is 1. The summed E-state index contributed by atoms with van der Waals surface area (Å²) in [6, 6.07) is 18.8. The van der Waals surface area contributed by atoms with E-state index in [-0.39, 0.29) is 4.87 Å². The smallest absolute Gasteiger partial charge is 0.278 e. The normalized spacial score (nSPS) is 11.0. The molecule has 0 bridgehead atoms. The predicted octanol–water partition coefficient (Wildman–Crippen LogP) is 4.00. The Kier molecular flexibility index (Phi) is 4.37. The summed E-state index contributed by atoms with van der Waals surface area (Å²) in [5.41, 5.74) is 4.50. The maximum atomic E-state index is 12.1. The van der Waals surface area contributed by atoms with Gasteiger partial charge in [0.1, 0.15) is 5.15 Å². The molecule has 0 fully saturated rings. The second-order valence-corrected chi connectivity index (χ2v) is 5.78. The fourth-order valence-corrected chi connectivity index (χ4v) is 3.07. The van der Waals surface area contributed by atoms with Crippen LogP contribution in [0.2, 0.25) is 5.15 Å². The van der Waals surface area contributed by atoms with Gasteiger partial charge in [-0.05, 0) is 24.3 Å². The Labute approximate surface area is 136 Å². The van der Waals surface area contributed by atoms with E-state index >= 15 is 0 Å². The number of hydrazone groups is 1. The molecular formula is C16H12ClN3OS. The molecule has 0 unspecified atom stereocenters. The summed E-state index contributed by atoms with van der Waals surface area (Å²) in [5.74, 6) is 0. The average molecular weight is 330 g/mol. The van der Waals surface area contributed by atoms with Gasteiger partial charge in [-0.1, -0.05) is 59.3 Å². The number of benzene rings is 2. The first kappa shape index (κ1) is 14.6. The molecule has 1 aromatic heterocycles. The largest absolute Gasteiger partial charge is 0.313 e. The second-order valence-electron chi connectivity index (χ2n) is 4.43. The van der Waals surface area contributed by atoms with E-state index in [2.05, 4.69) is 10.5 Å². The molecule has 6 heteroatoms. The van der Waals surface area contributed by atoms with E-state index in [1.165, 1.54) is 4.57 Å². The van der Waals surface area contributed by atoms with Crippen LogP contribution in [0.5, 0.6) is 0 Å². The van der Waals surface area contributed by atoms with E-state index in [0.717, 1.165) is 22.7 Å². The third-order valence-electron chi connectivity index (χ3n) is 2.94. The van der Waals surface area contributed by atoms with Crippen LogP contribution in [-0.4, -0.2) is 10.8 Å². The van der Waals surface area contributed by atoms with E-state index in [4.69, 9.17) is 11.6 Å². The third kappa shape index (κ3) is 3.10. The van der Waals surface area contributed by atoms with Crippen molar-refractivity contribution in [3.63, 3.8) is 0 Å². The van der Waals surface area contributed by atoms with E-state index in [0.29, 0.717) is 10.0 Å². The lowest BCUT2D eigenvalue weighted by molar-refractivity contribution is 1.04. The van der Waals surface area contributed by atoms with Gasteiger partial charge in [0.2, 0.25) is 0 Å². The molecule has 3 aromatic rings. The van der Waals surface area contributed by atoms with E-state index in [9.17, 15) is 4.79 Å². The number of thiazole rings is 1. The van der Waals surface area contributed by atoms with E-state index in [1.54, 1.807) is 6.21 Å². The molecule has 4 nitrogen and oxygen atoms in total. The van der Waals surface area contributed by atoms with Crippen LogP contribution in [0.3, 0.4) is 0 Å². The number of anilines is 1. The minimum absolute atomic E-state index is 0.141. The number of aromatic nitrogens is 1. The molecule has 0 aliphatic rings. The average Bonchev–Trinajstić information content (AvgIpc) is 2.83. The first-order valence-electron chi connectivity index (χ1n) is 6.56. The maximum absolute atomic E-state index is 12.1. The molecular weight excluding hydrogens is 318 g/mol. The highest BCUT2D eigenvalue weighted by Gasteiger charge is 2.12. The molecule has 0 aliphatic carbocycles. The number of hydrogen-bond acceptors (Lipinski definition) is 4. The van der Waals surface area contributed by atoms with Gasteiger partial charge in [-0.25, -0.2) is 0 Å². The predicted molar refractivity (Wildman–Crippen MR) is 92.6 cm³/mol. The molecule has 3 rings (SSSR count). The van der Waals surface area contributed by atoms with Crippen LogP contribution >= 0.6 is 22.9 Å². The lowest BCUT2D eigenvalue weighted by Crippen LogP contribution is -2.10. The Balaban J connectivity index is 1.86. The van der Waals surface area contributed by atoms with E-state index in [1.807, 2.05) is 60.7 Å². The molecule has 1 N–H and O–H groups in total. The van der Waals surface area contributed by atoms with Crippen LogP contribution in [0.25, 0.3) is 5.69 Å². The summed E-state index contributed by atoms with van der Waals surface area (Å²) in [4.78, 5) is 12.6. The highest BCUT2D eigenvalue weighted by Crippen LogP contribution is 2.21. The molecule has 0 atom stereocenters. The van der Waals surface area contributed by atoms with Crippen LogP contribution in [0.15, 0.2) is 70.6 Å². The van der Waals surface area contributed by atoms with Crippen molar-refractivity contribution in [2.45, 2.75) is 0 Å². The highest BCUT2D eigenvalue weighted by molar-refractivity contribution is 7.11. The summed E-state index contributed by atoms with van der Waals surface area (Å²) in [6.45, 7) is 0. The lowest BCUT2D eigenvalue weighted by Gasteiger charge is -2.02. The summed E-state index contributed by atoms with van der Waals surface area (Å²) in [7, 11) is 0. The SMILES string of the molecule is O=c1sc(C=NNc2ccccc2)c(Cl)n1-c1ccccc1. The molecule has 22 heavy (non-hydrogen) atoms. The molecule has 0 aliphatic heterocycles. The van der Waals surface area contributed by atoms with Crippen molar-refractivity contribution in [3.8, 4) is 5.69 Å². The number of halogens is 1.